The summed E-state index contributed by atoms with van der Waals surface area (Å²) in [4.78, 5) is 0. The lowest BCUT2D eigenvalue weighted by Gasteiger charge is -2.30. The van der Waals surface area contributed by atoms with Gasteiger partial charge in [-0.3, -0.25) is 4.68 Å². The Morgan fingerprint density at radius 1 is 1.57 bits per heavy atom. The third-order valence-electron chi connectivity index (χ3n) is 4.32. The highest BCUT2D eigenvalue weighted by Gasteiger charge is 2.26. The van der Waals surface area contributed by atoms with Crippen LogP contribution in [0.1, 0.15) is 56.8 Å². The first kappa shape index (κ1) is 16.0. The van der Waals surface area contributed by atoms with Crippen LogP contribution in [0.4, 0.5) is 0 Å². The van der Waals surface area contributed by atoms with Crippen LogP contribution >= 0.6 is 0 Å². The second-order valence-electron chi connectivity index (χ2n) is 6.64. The zero-order valence-electron chi connectivity index (χ0n) is 13.1. The average Bonchev–Trinajstić information content (AvgIpc) is 2.87. The molecule has 1 aromatic rings. The van der Waals surface area contributed by atoms with E-state index in [1.165, 1.54) is 11.3 Å². The van der Waals surface area contributed by atoms with Crippen LogP contribution in [0.15, 0.2) is 6.20 Å². The van der Waals surface area contributed by atoms with E-state index in [1.807, 2.05) is 10.9 Å². The van der Waals surface area contributed by atoms with Crippen molar-refractivity contribution in [2.45, 2.75) is 58.5 Å². The van der Waals surface area contributed by atoms with Crippen LogP contribution in [0, 0.1) is 16.7 Å². The first-order chi connectivity index (χ1) is 10.1. The minimum Gasteiger partial charge on any atom is -0.394 e. The Balaban J connectivity index is 1.99. The lowest BCUT2D eigenvalue weighted by molar-refractivity contribution is 0.265. The molecular weight excluding hydrogens is 264 g/mol. The van der Waals surface area contributed by atoms with Crippen molar-refractivity contribution in [3.05, 3.63) is 17.5 Å². The van der Waals surface area contributed by atoms with E-state index in [-0.39, 0.29) is 12.0 Å². The second-order valence-corrected chi connectivity index (χ2v) is 6.64. The van der Waals surface area contributed by atoms with Gasteiger partial charge < -0.3 is 10.4 Å². The van der Waals surface area contributed by atoms with Crippen molar-refractivity contribution in [3.63, 3.8) is 0 Å². The molecule has 5 heteroatoms. The number of hydrogen-bond donors (Lipinski definition) is 2. The molecule has 2 N–H and O–H groups in total. The molecule has 2 rings (SSSR count). The molecule has 0 fully saturated rings. The maximum atomic E-state index is 9.10. The van der Waals surface area contributed by atoms with Gasteiger partial charge in [-0.05, 0) is 31.1 Å². The highest BCUT2D eigenvalue weighted by Crippen LogP contribution is 2.31. The van der Waals surface area contributed by atoms with Crippen molar-refractivity contribution in [1.82, 2.24) is 15.1 Å². The monoisotopic (exact) mass is 290 g/mol. The average molecular weight is 290 g/mol. The van der Waals surface area contributed by atoms with Crippen molar-refractivity contribution < 1.29 is 5.11 Å². The number of aliphatic hydroxyl groups is 1. The fourth-order valence-electron chi connectivity index (χ4n) is 3.00. The molecule has 0 spiro atoms. The van der Waals surface area contributed by atoms with Gasteiger partial charge in [0.2, 0.25) is 0 Å². The molecular formula is C16H26N4O. The van der Waals surface area contributed by atoms with Gasteiger partial charge in [-0.25, -0.2) is 0 Å². The molecule has 1 heterocycles. The normalized spacial score (nSPS) is 18.3. The van der Waals surface area contributed by atoms with Gasteiger partial charge in [0.05, 0.1) is 25.4 Å². The topological polar surface area (TPSA) is 73.9 Å². The molecule has 116 valence electrons. The van der Waals surface area contributed by atoms with Crippen LogP contribution in [0.25, 0.3) is 0 Å². The third-order valence-corrected chi connectivity index (χ3v) is 4.32. The van der Waals surface area contributed by atoms with E-state index in [4.69, 9.17) is 10.4 Å². The smallest absolute Gasteiger partial charge is 0.0644 e. The van der Waals surface area contributed by atoms with Gasteiger partial charge in [0.25, 0.3) is 0 Å². The Hall–Kier alpha value is -1.38. The Morgan fingerprint density at radius 2 is 2.38 bits per heavy atom. The number of fused-ring (bicyclic) bond motifs is 1. The van der Waals surface area contributed by atoms with Crippen LogP contribution in [-0.4, -0.2) is 28.0 Å². The number of aliphatic hydroxyl groups excluding tert-OH is 1. The summed E-state index contributed by atoms with van der Waals surface area (Å²) in [6, 6.07) is 2.58. The van der Waals surface area contributed by atoms with Crippen LogP contribution in [0.3, 0.4) is 0 Å². The number of rotatable bonds is 7. The molecule has 1 aliphatic carbocycles. The van der Waals surface area contributed by atoms with Crippen molar-refractivity contribution in [2.24, 2.45) is 5.41 Å². The molecule has 1 unspecified atom stereocenters. The van der Waals surface area contributed by atoms with Gasteiger partial charge in [0.1, 0.15) is 0 Å². The summed E-state index contributed by atoms with van der Waals surface area (Å²) in [7, 11) is 0. The highest BCUT2D eigenvalue weighted by atomic mass is 16.3. The summed E-state index contributed by atoms with van der Waals surface area (Å²) in [6.07, 6.45) is 6.81. The van der Waals surface area contributed by atoms with Crippen molar-refractivity contribution in [2.75, 3.05) is 13.2 Å². The largest absolute Gasteiger partial charge is 0.394 e. The molecule has 1 aromatic heterocycles. The van der Waals surface area contributed by atoms with Crippen LogP contribution in [0.5, 0.6) is 0 Å². The summed E-state index contributed by atoms with van der Waals surface area (Å²) in [5, 5.41) is 25.9. The number of hydrogen-bond acceptors (Lipinski definition) is 4. The minimum atomic E-state index is 0.132. The lowest BCUT2D eigenvalue weighted by Crippen LogP contribution is -2.34. The summed E-state index contributed by atoms with van der Waals surface area (Å²) in [6.45, 7) is 6.03. The van der Waals surface area contributed by atoms with E-state index in [0.717, 1.165) is 32.2 Å². The van der Waals surface area contributed by atoms with E-state index in [0.29, 0.717) is 19.0 Å². The van der Waals surface area contributed by atoms with Crippen molar-refractivity contribution in [1.29, 1.82) is 5.26 Å². The first-order valence-electron chi connectivity index (χ1n) is 7.83. The van der Waals surface area contributed by atoms with E-state index in [1.54, 1.807) is 0 Å². The first-order valence-corrected chi connectivity index (χ1v) is 7.83. The Morgan fingerprint density at radius 3 is 3.10 bits per heavy atom. The molecule has 21 heavy (non-hydrogen) atoms. The van der Waals surface area contributed by atoms with Gasteiger partial charge in [0, 0.05) is 30.3 Å². The number of aromatic nitrogens is 2. The SMILES string of the molecule is CC(C)(CCC#N)CNC1CCCc2c1cnn2CCO. The second kappa shape index (κ2) is 7.06. The van der Waals surface area contributed by atoms with Gasteiger partial charge in [-0.1, -0.05) is 13.8 Å². The lowest BCUT2D eigenvalue weighted by atomic mass is 9.86. The molecule has 5 nitrogen and oxygen atoms in total. The highest BCUT2D eigenvalue weighted by molar-refractivity contribution is 5.25. The zero-order chi connectivity index (χ0) is 15.3. The number of nitrogens with zero attached hydrogens (tertiary/aromatic N) is 3. The summed E-state index contributed by atoms with van der Waals surface area (Å²) < 4.78 is 1.93. The molecule has 0 amide bonds. The fourth-order valence-corrected chi connectivity index (χ4v) is 3.00. The van der Waals surface area contributed by atoms with Crippen LogP contribution in [-0.2, 0) is 13.0 Å². The van der Waals surface area contributed by atoms with Gasteiger partial charge in [-0.2, -0.15) is 10.4 Å². The Labute approximate surface area is 127 Å². The molecule has 0 radical (unpaired) electrons. The minimum absolute atomic E-state index is 0.132. The Bertz CT molecular complexity index is 501. The predicted molar refractivity (Wildman–Crippen MR) is 81.6 cm³/mol. The summed E-state index contributed by atoms with van der Waals surface area (Å²) in [5.41, 5.74) is 2.68. The zero-order valence-corrected chi connectivity index (χ0v) is 13.1. The van der Waals surface area contributed by atoms with Gasteiger partial charge >= 0.3 is 0 Å². The van der Waals surface area contributed by atoms with Gasteiger partial charge in [0.15, 0.2) is 0 Å². The van der Waals surface area contributed by atoms with Crippen LogP contribution in [0.2, 0.25) is 0 Å². The van der Waals surface area contributed by atoms with Crippen molar-refractivity contribution >= 4 is 0 Å². The summed E-state index contributed by atoms with van der Waals surface area (Å²) in [5.74, 6) is 0. The molecule has 0 aromatic carbocycles. The number of nitrogens with one attached hydrogen (secondary N) is 1. The molecule has 1 aliphatic rings. The van der Waals surface area contributed by atoms with Gasteiger partial charge in [-0.15, -0.1) is 0 Å². The molecule has 0 saturated carbocycles. The van der Waals surface area contributed by atoms with Crippen LogP contribution < -0.4 is 5.32 Å². The van der Waals surface area contributed by atoms with E-state index in [9.17, 15) is 0 Å². The van der Waals surface area contributed by atoms with E-state index >= 15 is 0 Å². The quantitative estimate of drug-likeness (QED) is 0.807. The Kier molecular flexibility index (Phi) is 5.38. The molecule has 0 bridgehead atoms. The summed E-state index contributed by atoms with van der Waals surface area (Å²) >= 11 is 0. The maximum Gasteiger partial charge on any atom is 0.0644 e. The standard InChI is InChI=1S/C16H26N4O/c1-16(2,7-4-8-17)12-18-14-5-3-6-15-13(14)11-19-20(15)9-10-21/h11,14,18,21H,3-7,9-10,12H2,1-2H3. The maximum absolute atomic E-state index is 9.10. The molecule has 0 aliphatic heterocycles. The van der Waals surface area contributed by atoms with E-state index in [2.05, 4.69) is 30.3 Å². The predicted octanol–water partition coefficient (Wildman–Crippen LogP) is 2.17. The van der Waals surface area contributed by atoms with Crippen molar-refractivity contribution in [3.8, 4) is 6.07 Å². The third kappa shape index (κ3) is 4.05. The fraction of sp³-hybridized carbons (Fsp3) is 0.750. The molecule has 0 saturated heterocycles. The molecule has 1 atom stereocenters. The number of nitriles is 1. The van der Waals surface area contributed by atoms with E-state index < -0.39 is 0 Å².